The fourth-order valence-electron chi connectivity index (χ4n) is 1.38. The average molecular weight is 284 g/mol. The molecular formula is C12H10ClNO3S. The van der Waals surface area contributed by atoms with Crippen LogP contribution in [0.1, 0.15) is 5.56 Å². The molecule has 0 saturated carbocycles. The van der Waals surface area contributed by atoms with E-state index in [-0.39, 0.29) is 10.8 Å². The number of benzene rings is 1. The van der Waals surface area contributed by atoms with Gasteiger partial charge < -0.3 is 4.74 Å². The molecule has 6 heteroatoms. The van der Waals surface area contributed by atoms with Crippen LogP contribution >= 0.6 is 10.7 Å². The maximum Gasteiger partial charge on any atom is 0.261 e. The van der Waals surface area contributed by atoms with Crippen molar-refractivity contribution in [2.45, 2.75) is 11.8 Å². The van der Waals surface area contributed by atoms with Gasteiger partial charge in [-0.1, -0.05) is 18.2 Å². The minimum atomic E-state index is -3.78. The summed E-state index contributed by atoms with van der Waals surface area (Å²) >= 11 is 0. The van der Waals surface area contributed by atoms with Gasteiger partial charge in [0.05, 0.1) is 4.90 Å². The predicted molar refractivity (Wildman–Crippen MR) is 68.5 cm³/mol. The number of halogens is 1. The highest BCUT2D eigenvalue weighted by atomic mass is 35.7. The Morgan fingerprint density at radius 3 is 2.61 bits per heavy atom. The number of hydrogen-bond donors (Lipinski definition) is 0. The molecule has 0 aliphatic carbocycles. The second-order valence-electron chi connectivity index (χ2n) is 3.64. The number of rotatable bonds is 3. The van der Waals surface area contributed by atoms with Crippen LogP contribution in [0.2, 0.25) is 0 Å². The fourth-order valence-corrected chi connectivity index (χ4v) is 2.14. The molecule has 4 nitrogen and oxygen atoms in total. The normalized spacial score (nSPS) is 11.2. The summed E-state index contributed by atoms with van der Waals surface area (Å²) in [6.45, 7) is 1.89. The molecule has 0 N–H and O–H groups in total. The molecule has 1 aromatic carbocycles. The van der Waals surface area contributed by atoms with Gasteiger partial charge in [0.1, 0.15) is 5.75 Å². The lowest BCUT2D eigenvalue weighted by atomic mass is 10.2. The number of para-hydroxylation sites is 1. The Labute approximate surface area is 110 Å². The van der Waals surface area contributed by atoms with E-state index in [1.807, 2.05) is 25.1 Å². The van der Waals surface area contributed by atoms with Gasteiger partial charge in [-0.2, -0.15) is 0 Å². The number of pyridine rings is 1. The minimum absolute atomic E-state index is 0.0391. The van der Waals surface area contributed by atoms with Gasteiger partial charge in [-0.05, 0) is 24.6 Å². The molecule has 0 fully saturated rings. The summed E-state index contributed by atoms with van der Waals surface area (Å²) in [5.74, 6) is 0.806. The fraction of sp³-hybridized carbons (Fsp3) is 0.0833. The molecule has 2 rings (SSSR count). The number of nitrogens with zero attached hydrogens (tertiary/aromatic N) is 1. The number of hydrogen-bond acceptors (Lipinski definition) is 4. The third kappa shape index (κ3) is 3.00. The standard InChI is InChI=1S/C12H10ClNO3S/c1-9-4-2-3-5-11(9)17-12-8-10(6-7-14-12)18(13,15)16/h2-8H,1H3. The van der Waals surface area contributed by atoms with E-state index in [4.69, 9.17) is 15.4 Å². The van der Waals surface area contributed by atoms with Crippen molar-refractivity contribution >= 4 is 19.7 Å². The van der Waals surface area contributed by atoms with Crippen molar-refractivity contribution in [3.05, 3.63) is 48.2 Å². The van der Waals surface area contributed by atoms with Crippen molar-refractivity contribution < 1.29 is 13.2 Å². The first kappa shape index (κ1) is 12.9. The van der Waals surface area contributed by atoms with Crippen LogP contribution in [0.25, 0.3) is 0 Å². The Bertz CT molecular complexity index is 671. The zero-order chi connectivity index (χ0) is 13.2. The van der Waals surface area contributed by atoms with E-state index in [0.29, 0.717) is 5.75 Å². The van der Waals surface area contributed by atoms with E-state index in [9.17, 15) is 8.42 Å². The maximum atomic E-state index is 11.2. The highest BCUT2D eigenvalue weighted by Crippen LogP contribution is 2.25. The zero-order valence-electron chi connectivity index (χ0n) is 9.50. The molecule has 0 saturated heterocycles. The average Bonchev–Trinajstić information content (AvgIpc) is 2.31. The molecule has 94 valence electrons. The van der Waals surface area contributed by atoms with Crippen molar-refractivity contribution in [1.29, 1.82) is 0 Å². The zero-order valence-corrected chi connectivity index (χ0v) is 11.1. The molecule has 1 heterocycles. The molecule has 0 unspecified atom stereocenters. The second-order valence-corrected chi connectivity index (χ2v) is 6.20. The molecule has 0 bridgehead atoms. The summed E-state index contributed by atoms with van der Waals surface area (Å²) in [5.41, 5.74) is 0.929. The number of aryl methyl sites for hydroxylation is 1. The van der Waals surface area contributed by atoms with Gasteiger partial charge in [0, 0.05) is 22.9 Å². The van der Waals surface area contributed by atoms with Crippen LogP contribution in [0.3, 0.4) is 0 Å². The lowest BCUT2D eigenvalue weighted by Gasteiger charge is -2.07. The van der Waals surface area contributed by atoms with E-state index in [1.54, 1.807) is 6.07 Å². The number of ether oxygens (including phenoxy) is 1. The Morgan fingerprint density at radius 2 is 1.94 bits per heavy atom. The van der Waals surface area contributed by atoms with E-state index in [0.717, 1.165) is 5.56 Å². The number of aromatic nitrogens is 1. The van der Waals surface area contributed by atoms with Gasteiger partial charge in [-0.15, -0.1) is 0 Å². The van der Waals surface area contributed by atoms with Gasteiger partial charge in [0.15, 0.2) is 0 Å². The first-order valence-corrected chi connectivity index (χ1v) is 7.42. The Morgan fingerprint density at radius 1 is 1.22 bits per heavy atom. The molecule has 1 aromatic heterocycles. The van der Waals surface area contributed by atoms with Crippen LogP contribution in [-0.4, -0.2) is 13.4 Å². The molecule has 0 spiro atoms. The summed E-state index contributed by atoms with van der Waals surface area (Å²) in [6, 6.07) is 9.97. The van der Waals surface area contributed by atoms with Gasteiger partial charge in [0.25, 0.3) is 9.05 Å². The molecule has 0 atom stereocenters. The van der Waals surface area contributed by atoms with Gasteiger partial charge in [-0.3, -0.25) is 0 Å². The van der Waals surface area contributed by atoms with Crippen LogP contribution in [-0.2, 0) is 9.05 Å². The monoisotopic (exact) mass is 283 g/mol. The molecule has 0 aliphatic rings. The third-order valence-electron chi connectivity index (χ3n) is 2.30. The van der Waals surface area contributed by atoms with Crippen LogP contribution in [0.5, 0.6) is 11.6 Å². The van der Waals surface area contributed by atoms with Crippen molar-refractivity contribution in [2.75, 3.05) is 0 Å². The lowest BCUT2D eigenvalue weighted by Crippen LogP contribution is -1.94. The molecule has 2 aromatic rings. The lowest BCUT2D eigenvalue weighted by molar-refractivity contribution is 0.457. The van der Waals surface area contributed by atoms with E-state index >= 15 is 0 Å². The first-order valence-electron chi connectivity index (χ1n) is 5.11. The van der Waals surface area contributed by atoms with Crippen molar-refractivity contribution in [1.82, 2.24) is 4.98 Å². The van der Waals surface area contributed by atoms with Crippen LogP contribution in [0.15, 0.2) is 47.5 Å². The highest BCUT2D eigenvalue weighted by molar-refractivity contribution is 8.13. The summed E-state index contributed by atoms with van der Waals surface area (Å²) < 4.78 is 27.9. The summed E-state index contributed by atoms with van der Waals surface area (Å²) in [6.07, 6.45) is 1.34. The maximum absolute atomic E-state index is 11.2. The largest absolute Gasteiger partial charge is 0.439 e. The molecular weight excluding hydrogens is 274 g/mol. The smallest absolute Gasteiger partial charge is 0.261 e. The van der Waals surface area contributed by atoms with E-state index in [2.05, 4.69) is 4.98 Å². The molecule has 18 heavy (non-hydrogen) atoms. The predicted octanol–water partition coefficient (Wildman–Crippen LogP) is 3.11. The quantitative estimate of drug-likeness (QED) is 0.812. The molecule has 0 amide bonds. The second kappa shape index (κ2) is 4.96. The Balaban J connectivity index is 2.34. The topological polar surface area (TPSA) is 56.3 Å². The van der Waals surface area contributed by atoms with E-state index < -0.39 is 9.05 Å². The Kier molecular flexibility index (Phi) is 3.54. The van der Waals surface area contributed by atoms with Crippen molar-refractivity contribution in [2.24, 2.45) is 0 Å². The molecule has 0 aliphatic heterocycles. The van der Waals surface area contributed by atoms with Crippen LogP contribution in [0, 0.1) is 6.92 Å². The van der Waals surface area contributed by atoms with Crippen molar-refractivity contribution in [3.8, 4) is 11.6 Å². The SMILES string of the molecule is Cc1ccccc1Oc1cc(S(=O)(=O)Cl)ccn1. The van der Waals surface area contributed by atoms with Gasteiger partial charge >= 0.3 is 0 Å². The summed E-state index contributed by atoms with van der Waals surface area (Å²) in [7, 11) is 1.48. The minimum Gasteiger partial charge on any atom is -0.439 e. The van der Waals surface area contributed by atoms with E-state index in [1.165, 1.54) is 18.3 Å². The van der Waals surface area contributed by atoms with Crippen LogP contribution in [0.4, 0.5) is 0 Å². The van der Waals surface area contributed by atoms with Gasteiger partial charge in [-0.25, -0.2) is 13.4 Å². The summed E-state index contributed by atoms with van der Waals surface area (Å²) in [4.78, 5) is 3.90. The third-order valence-corrected chi connectivity index (χ3v) is 3.65. The van der Waals surface area contributed by atoms with Crippen LogP contribution < -0.4 is 4.74 Å². The first-order chi connectivity index (χ1) is 8.47. The summed E-state index contributed by atoms with van der Waals surface area (Å²) in [5, 5.41) is 0. The van der Waals surface area contributed by atoms with Crippen molar-refractivity contribution in [3.63, 3.8) is 0 Å². The Hall–Kier alpha value is -1.59. The highest BCUT2D eigenvalue weighted by Gasteiger charge is 2.12. The van der Waals surface area contributed by atoms with Gasteiger partial charge in [0.2, 0.25) is 5.88 Å². The molecule has 0 radical (unpaired) electrons.